The standard InChI is InChI=1S/C23H25N3O3/c1-16(2)17-9-11-18(12-10-17)26-22(28)19-7-3-4-8-20(19)25(23(26)29)15-21(27)24-13-5-6-14-24/h3-4,7-12,16H,5-6,13-15H2,1-2H3. The molecule has 0 unspecified atom stereocenters. The Labute approximate surface area is 169 Å². The van der Waals surface area contributed by atoms with E-state index in [1.54, 1.807) is 41.3 Å². The number of amides is 1. The van der Waals surface area contributed by atoms with Crippen LogP contribution in [0.15, 0.2) is 58.1 Å². The lowest BCUT2D eigenvalue weighted by molar-refractivity contribution is -0.130. The number of benzene rings is 2. The number of hydrogen-bond donors (Lipinski definition) is 0. The molecule has 2 heterocycles. The number of rotatable bonds is 4. The maximum absolute atomic E-state index is 13.3. The van der Waals surface area contributed by atoms with Crippen LogP contribution in [-0.4, -0.2) is 33.0 Å². The Hall–Kier alpha value is -3.15. The van der Waals surface area contributed by atoms with E-state index in [4.69, 9.17) is 0 Å². The summed E-state index contributed by atoms with van der Waals surface area (Å²) in [6.07, 6.45) is 1.98. The number of nitrogens with zero attached hydrogens (tertiary/aromatic N) is 3. The van der Waals surface area contributed by atoms with E-state index < -0.39 is 5.69 Å². The van der Waals surface area contributed by atoms with Gasteiger partial charge in [0.2, 0.25) is 5.91 Å². The van der Waals surface area contributed by atoms with E-state index in [1.165, 1.54) is 9.13 Å². The quantitative estimate of drug-likeness (QED) is 0.687. The normalized spacial score (nSPS) is 14.1. The molecule has 1 saturated heterocycles. The number of carbonyl (C=O) groups excluding carboxylic acids is 1. The van der Waals surface area contributed by atoms with Gasteiger partial charge in [-0.25, -0.2) is 9.36 Å². The molecule has 150 valence electrons. The van der Waals surface area contributed by atoms with Crippen molar-refractivity contribution in [2.75, 3.05) is 13.1 Å². The number of hydrogen-bond acceptors (Lipinski definition) is 3. The van der Waals surface area contributed by atoms with Crippen LogP contribution < -0.4 is 11.2 Å². The Balaban J connectivity index is 1.88. The zero-order chi connectivity index (χ0) is 20.5. The van der Waals surface area contributed by atoms with E-state index in [-0.39, 0.29) is 18.0 Å². The van der Waals surface area contributed by atoms with Crippen LogP contribution in [0.3, 0.4) is 0 Å². The first-order chi connectivity index (χ1) is 14.0. The molecule has 0 spiro atoms. The predicted molar refractivity (Wildman–Crippen MR) is 114 cm³/mol. The summed E-state index contributed by atoms with van der Waals surface area (Å²) in [5.74, 6) is 0.266. The van der Waals surface area contributed by atoms with Crippen molar-refractivity contribution >= 4 is 16.8 Å². The minimum atomic E-state index is -0.487. The van der Waals surface area contributed by atoms with Crippen LogP contribution in [0.4, 0.5) is 0 Å². The third-order valence-electron chi connectivity index (χ3n) is 5.62. The summed E-state index contributed by atoms with van der Waals surface area (Å²) in [4.78, 5) is 41.0. The molecule has 0 bridgehead atoms. The summed E-state index contributed by atoms with van der Waals surface area (Å²) < 4.78 is 2.59. The van der Waals surface area contributed by atoms with E-state index in [9.17, 15) is 14.4 Å². The highest BCUT2D eigenvalue weighted by molar-refractivity contribution is 5.82. The maximum atomic E-state index is 13.3. The van der Waals surface area contributed by atoms with Crippen molar-refractivity contribution in [1.29, 1.82) is 0 Å². The van der Waals surface area contributed by atoms with Gasteiger partial charge in [-0.2, -0.15) is 0 Å². The summed E-state index contributed by atoms with van der Waals surface area (Å²) in [7, 11) is 0. The molecule has 6 nitrogen and oxygen atoms in total. The maximum Gasteiger partial charge on any atom is 0.336 e. The molecular weight excluding hydrogens is 366 g/mol. The average Bonchev–Trinajstić information content (AvgIpc) is 3.26. The molecule has 1 aliphatic rings. The van der Waals surface area contributed by atoms with Crippen LogP contribution in [0, 0.1) is 0 Å². The summed E-state index contributed by atoms with van der Waals surface area (Å²) >= 11 is 0. The van der Waals surface area contributed by atoms with Crippen molar-refractivity contribution in [3.63, 3.8) is 0 Å². The number of para-hydroxylation sites is 1. The van der Waals surface area contributed by atoms with Crippen LogP contribution in [0.2, 0.25) is 0 Å². The van der Waals surface area contributed by atoms with Crippen LogP contribution in [0.1, 0.15) is 38.2 Å². The van der Waals surface area contributed by atoms with E-state index in [0.29, 0.717) is 22.5 Å². The van der Waals surface area contributed by atoms with Crippen molar-refractivity contribution in [3.05, 3.63) is 74.9 Å². The molecule has 0 atom stereocenters. The van der Waals surface area contributed by atoms with Crippen molar-refractivity contribution < 1.29 is 4.79 Å². The fourth-order valence-electron chi connectivity index (χ4n) is 3.91. The Morgan fingerprint density at radius 1 is 0.966 bits per heavy atom. The van der Waals surface area contributed by atoms with Crippen LogP contribution in [0.25, 0.3) is 16.6 Å². The second kappa shape index (κ2) is 7.70. The summed E-state index contributed by atoms with van der Waals surface area (Å²) in [5.41, 5.74) is 1.28. The molecule has 0 saturated carbocycles. The first-order valence-corrected chi connectivity index (χ1v) is 10.1. The molecule has 0 N–H and O–H groups in total. The molecule has 6 heteroatoms. The van der Waals surface area contributed by atoms with E-state index in [1.807, 2.05) is 12.1 Å². The smallest absolute Gasteiger partial charge is 0.336 e. The molecule has 3 aromatic rings. The van der Waals surface area contributed by atoms with Gasteiger partial charge in [-0.05, 0) is 48.6 Å². The molecule has 1 amide bonds. The van der Waals surface area contributed by atoms with Crippen molar-refractivity contribution in [1.82, 2.24) is 14.0 Å². The average molecular weight is 391 g/mol. The zero-order valence-electron chi connectivity index (χ0n) is 16.8. The van der Waals surface area contributed by atoms with E-state index in [0.717, 1.165) is 31.5 Å². The Kier molecular flexibility index (Phi) is 5.09. The number of carbonyl (C=O) groups is 1. The third-order valence-corrected chi connectivity index (χ3v) is 5.62. The van der Waals surface area contributed by atoms with Crippen molar-refractivity contribution in [3.8, 4) is 5.69 Å². The monoisotopic (exact) mass is 391 g/mol. The Morgan fingerprint density at radius 3 is 2.28 bits per heavy atom. The van der Waals surface area contributed by atoms with E-state index >= 15 is 0 Å². The van der Waals surface area contributed by atoms with Gasteiger partial charge in [0.1, 0.15) is 6.54 Å². The van der Waals surface area contributed by atoms with Gasteiger partial charge >= 0.3 is 5.69 Å². The third kappa shape index (κ3) is 3.50. The highest BCUT2D eigenvalue weighted by atomic mass is 16.2. The van der Waals surface area contributed by atoms with Gasteiger partial charge in [0, 0.05) is 13.1 Å². The Bertz CT molecular complexity index is 1170. The molecule has 29 heavy (non-hydrogen) atoms. The van der Waals surface area contributed by atoms with Gasteiger partial charge in [0.25, 0.3) is 5.56 Å². The zero-order valence-corrected chi connectivity index (χ0v) is 16.8. The first kappa shape index (κ1) is 19.2. The topological polar surface area (TPSA) is 64.3 Å². The van der Waals surface area contributed by atoms with E-state index in [2.05, 4.69) is 13.8 Å². The van der Waals surface area contributed by atoms with Gasteiger partial charge in [-0.3, -0.25) is 14.2 Å². The Morgan fingerprint density at radius 2 is 1.62 bits per heavy atom. The number of likely N-dealkylation sites (tertiary alicyclic amines) is 1. The summed E-state index contributed by atoms with van der Waals surface area (Å²) in [5, 5.41) is 0.425. The highest BCUT2D eigenvalue weighted by Crippen LogP contribution is 2.17. The fraction of sp³-hybridized carbons (Fsp3) is 0.348. The SMILES string of the molecule is CC(C)c1ccc(-n2c(=O)c3ccccc3n(CC(=O)N3CCCC3)c2=O)cc1. The summed E-state index contributed by atoms with van der Waals surface area (Å²) in [6.45, 7) is 5.57. The molecule has 4 rings (SSSR count). The number of fused-ring (bicyclic) bond motifs is 1. The molecular formula is C23H25N3O3. The molecule has 1 aromatic heterocycles. The lowest BCUT2D eigenvalue weighted by Gasteiger charge is -2.18. The van der Waals surface area contributed by atoms with Gasteiger partial charge in [0.05, 0.1) is 16.6 Å². The van der Waals surface area contributed by atoms with Gasteiger partial charge in [-0.1, -0.05) is 38.1 Å². The minimum Gasteiger partial charge on any atom is -0.341 e. The lowest BCUT2D eigenvalue weighted by Crippen LogP contribution is -2.42. The molecule has 1 fully saturated rings. The van der Waals surface area contributed by atoms with Crippen LogP contribution in [-0.2, 0) is 11.3 Å². The molecule has 0 aliphatic carbocycles. The first-order valence-electron chi connectivity index (χ1n) is 10.1. The van der Waals surface area contributed by atoms with Gasteiger partial charge in [-0.15, -0.1) is 0 Å². The molecule has 2 aromatic carbocycles. The molecule has 0 radical (unpaired) electrons. The van der Waals surface area contributed by atoms with Gasteiger partial charge < -0.3 is 4.90 Å². The highest BCUT2D eigenvalue weighted by Gasteiger charge is 2.21. The van der Waals surface area contributed by atoms with Crippen LogP contribution >= 0.6 is 0 Å². The lowest BCUT2D eigenvalue weighted by atomic mass is 10.0. The van der Waals surface area contributed by atoms with Crippen molar-refractivity contribution in [2.24, 2.45) is 0 Å². The predicted octanol–water partition coefficient (Wildman–Crippen LogP) is 2.90. The largest absolute Gasteiger partial charge is 0.341 e. The van der Waals surface area contributed by atoms with Gasteiger partial charge in [0.15, 0.2) is 0 Å². The van der Waals surface area contributed by atoms with Crippen molar-refractivity contribution in [2.45, 2.75) is 39.2 Å². The van der Waals surface area contributed by atoms with Crippen LogP contribution in [0.5, 0.6) is 0 Å². The second-order valence-corrected chi connectivity index (χ2v) is 7.86. The molecule has 1 aliphatic heterocycles. The minimum absolute atomic E-state index is 0.0658. The number of aromatic nitrogens is 2. The summed E-state index contributed by atoms with van der Waals surface area (Å²) in [6, 6.07) is 14.4. The second-order valence-electron chi connectivity index (χ2n) is 7.86. The fourth-order valence-corrected chi connectivity index (χ4v) is 3.91.